The van der Waals surface area contributed by atoms with Crippen LogP contribution in [0.4, 0.5) is 16.0 Å². The molecule has 29 heavy (non-hydrogen) atoms. The third-order valence-electron chi connectivity index (χ3n) is 5.75. The number of rotatable bonds is 5. The Labute approximate surface area is 171 Å². The van der Waals surface area contributed by atoms with Gasteiger partial charge in [-0.15, -0.1) is 10.2 Å². The van der Waals surface area contributed by atoms with Gasteiger partial charge in [-0.1, -0.05) is 12.1 Å². The monoisotopic (exact) mass is 397 g/mol. The van der Waals surface area contributed by atoms with Crippen molar-refractivity contribution in [1.29, 1.82) is 0 Å². The number of aromatic nitrogens is 2. The molecule has 1 aromatic heterocycles. The molecule has 0 bridgehead atoms. The summed E-state index contributed by atoms with van der Waals surface area (Å²) < 4.78 is 13.3. The van der Waals surface area contributed by atoms with Crippen molar-refractivity contribution in [2.75, 3.05) is 36.0 Å². The first-order valence-electron chi connectivity index (χ1n) is 10.5. The Kier molecular flexibility index (Phi) is 6.22. The minimum atomic E-state index is -0.309. The van der Waals surface area contributed by atoms with Gasteiger partial charge in [0.2, 0.25) is 5.91 Å². The van der Waals surface area contributed by atoms with Crippen molar-refractivity contribution in [3.63, 3.8) is 0 Å². The second-order valence-corrected chi connectivity index (χ2v) is 7.93. The molecule has 154 valence electrons. The average Bonchev–Trinajstić information content (AvgIpc) is 2.75. The first kappa shape index (κ1) is 19.6. The third-order valence-corrected chi connectivity index (χ3v) is 5.75. The number of amides is 1. The smallest absolute Gasteiger partial charge is 0.224 e. The van der Waals surface area contributed by atoms with E-state index in [0.717, 1.165) is 50.7 Å². The van der Waals surface area contributed by atoms with E-state index in [1.807, 2.05) is 0 Å². The van der Waals surface area contributed by atoms with Crippen LogP contribution >= 0.6 is 0 Å². The number of carbonyl (C=O) groups is 1. The van der Waals surface area contributed by atoms with Crippen LogP contribution in [0.3, 0.4) is 0 Å². The minimum Gasteiger partial charge on any atom is -0.355 e. The van der Waals surface area contributed by atoms with Gasteiger partial charge in [0.05, 0.1) is 6.42 Å². The largest absolute Gasteiger partial charge is 0.355 e. The van der Waals surface area contributed by atoms with Gasteiger partial charge in [-0.2, -0.15) is 0 Å². The summed E-state index contributed by atoms with van der Waals surface area (Å²) in [5.41, 5.74) is 0.698. The van der Waals surface area contributed by atoms with E-state index >= 15 is 0 Å². The fourth-order valence-electron chi connectivity index (χ4n) is 4.14. The lowest BCUT2D eigenvalue weighted by Crippen LogP contribution is -2.45. The lowest BCUT2D eigenvalue weighted by molar-refractivity contribution is -0.121. The maximum absolute atomic E-state index is 13.3. The molecule has 0 spiro atoms. The van der Waals surface area contributed by atoms with E-state index in [4.69, 9.17) is 0 Å². The molecule has 2 aliphatic heterocycles. The van der Waals surface area contributed by atoms with E-state index in [1.54, 1.807) is 12.1 Å². The van der Waals surface area contributed by atoms with Crippen LogP contribution in [0.25, 0.3) is 0 Å². The van der Waals surface area contributed by atoms with Gasteiger partial charge in [-0.3, -0.25) is 4.79 Å². The van der Waals surface area contributed by atoms with Crippen LogP contribution in [0.15, 0.2) is 36.4 Å². The summed E-state index contributed by atoms with van der Waals surface area (Å²) in [5, 5.41) is 12.0. The third kappa shape index (κ3) is 5.22. The van der Waals surface area contributed by atoms with E-state index in [2.05, 4.69) is 37.4 Å². The van der Waals surface area contributed by atoms with Gasteiger partial charge in [-0.05, 0) is 61.9 Å². The van der Waals surface area contributed by atoms with E-state index < -0.39 is 0 Å². The molecule has 6 nitrogen and oxygen atoms in total. The van der Waals surface area contributed by atoms with Gasteiger partial charge in [0.15, 0.2) is 11.6 Å². The van der Waals surface area contributed by atoms with Gasteiger partial charge in [0, 0.05) is 32.2 Å². The summed E-state index contributed by atoms with van der Waals surface area (Å²) in [7, 11) is 0. The predicted molar refractivity (Wildman–Crippen MR) is 112 cm³/mol. The van der Waals surface area contributed by atoms with Crippen LogP contribution in [0.2, 0.25) is 0 Å². The Morgan fingerprint density at radius 1 is 0.966 bits per heavy atom. The number of halogens is 1. The van der Waals surface area contributed by atoms with E-state index in [9.17, 15) is 9.18 Å². The first-order chi connectivity index (χ1) is 14.2. The summed E-state index contributed by atoms with van der Waals surface area (Å²) in [6.07, 6.45) is 5.69. The normalized spacial score (nSPS) is 18.0. The highest BCUT2D eigenvalue weighted by molar-refractivity contribution is 5.78. The Hall–Kier alpha value is -2.70. The first-order valence-corrected chi connectivity index (χ1v) is 10.5. The molecule has 0 unspecified atom stereocenters. The second kappa shape index (κ2) is 9.20. The maximum atomic E-state index is 13.3. The molecule has 0 saturated carbocycles. The lowest BCUT2D eigenvalue weighted by Gasteiger charge is -2.33. The van der Waals surface area contributed by atoms with E-state index in [-0.39, 0.29) is 24.2 Å². The zero-order chi connectivity index (χ0) is 20.1. The number of benzene rings is 1. The molecule has 0 aliphatic carbocycles. The summed E-state index contributed by atoms with van der Waals surface area (Å²) in [4.78, 5) is 16.8. The Morgan fingerprint density at radius 2 is 1.62 bits per heavy atom. The quantitative estimate of drug-likeness (QED) is 0.841. The van der Waals surface area contributed by atoms with Gasteiger partial charge < -0.3 is 15.1 Å². The van der Waals surface area contributed by atoms with Crippen LogP contribution in [0.1, 0.15) is 37.7 Å². The summed E-state index contributed by atoms with van der Waals surface area (Å²) >= 11 is 0. The van der Waals surface area contributed by atoms with Gasteiger partial charge >= 0.3 is 0 Å². The molecule has 7 heteroatoms. The molecule has 2 aliphatic rings. The molecular formula is C22H28FN5O. The molecule has 2 aromatic rings. The van der Waals surface area contributed by atoms with Gasteiger partial charge in [0.25, 0.3) is 0 Å². The van der Waals surface area contributed by atoms with Crippen LogP contribution in [-0.4, -0.2) is 48.3 Å². The molecule has 1 aromatic carbocycles. The van der Waals surface area contributed by atoms with Crippen LogP contribution in [-0.2, 0) is 11.2 Å². The van der Waals surface area contributed by atoms with Crippen LogP contribution in [0.5, 0.6) is 0 Å². The van der Waals surface area contributed by atoms with Crippen molar-refractivity contribution >= 4 is 17.5 Å². The minimum absolute atomic E-state index is 0.0558. The SMILES string of the molecule is O=C(Cc1cccc(F)c1)NC1CCN(c2ccc(N3CCCCC3)nn2)CC1. The molecule has 1 N–H and O–H groups in total. The van der Waals surface area contributed by atoms with Crippen molar-refractivity contribution < 1.29 is 9.18 Å². The van der Waals surface area contributed by atoms with E-state index in [0.29, 0.717) is 5.56 Å². The predicted octanol–water partition coefficient (Wildman–Crippen LogP) is 2.93. The molecule has 3 heterocycles. The van der Waals surface area contributed by atoms with Crippen LogP contribution < -0.4 is 15.1 Å². The average molecular weight is 397 g/mol. The van der Waals surface area contributed by atoms with E-state index in [1.165, 1.54) is 31.4 Å². The molecule has 4 rings (SSSR count). The number of hydrogen-bond acceptors (Lipinski definition) is 5. The van der Waals surface area contributed by atoms with Crippen molar-refractivity contribution in [3.8, 4) is 0 Å². The Morgan fingerprint density at radius 3 is 2.24 bits per heavy atom. The Bertz CT molecular complexity index is 814. The fraction of sp³-hybridized carbons (Fsp3) is 0.500. The van der Waals surface area contributed by atoms with Crippen molar-refractivity contribution in [2.45, 2.75) is 44.6 Å². The zero-order valence-corrected chi connectivity index (χ0v) is 16.7. The highest BCUT2D eigenvalue weighted by Gasteiger charge is 2.22. The maximum Gasteiger partial charge on any atom is 0.224 e. The van der Waals surface area contributed by atoms with Crippen molar-refractivity contribution in [1.82, 2.24) is 15.5 Å². The van der Waals surface area contributed by atoms with Crippen LogP contribution in [0, 0.1) is 5.82 Å². The number of hydrogen-bond donors (Lipinski definition) is 1. The van der Waals surface area contributed by atoms with Crippen molar-refractivity contribution in [2.24, 2.45) is 0 Å². The summed E-state index contributed by atoms with van der Waals surface area (Å²) in [5.74, 6) is 1.50. The number of piperidine rings is 2. The number of nitrogens with one attached hydrogen (secondary N) is 1. The van der Waals surface area contributed by atoms with Crippen molar-refractivity contribution in [3.05, 3.63) is 47.8 Å². The summed E-state index contributed by atoms with van der Waals surface area (Å²) in [6, 6.07) is 10.5. The second-order valence-electron chi connectivity index (χ2n) is 7.93. The topological polar surface area (TPSA) is 61.4 Å². The number of nitrogens with zero attached hydrogens (tertiary/aromatic N) is 4. The summed E-state index contributed by atoms with van der Waals surface area (Å²) in [6.45, 7) is 3.80. The molecule has 2 fully saturated rings. The fourth-order valence-corrected chi connectivity index (χ4v) is 4.14. The highest BCUT2D eigenvalue weighted by Crippen LogP contribution is 2.21. The molecule has 0 atom stereocenters. The molecule has 2 saturated heterocycles. The lowest BCUT2D eigenvalue weighted by atomic mass is 10.0. The van der Waals surface area contributed by atoms with Gasteiger partial charge in [0.1, 0.15) is 5.82 Å². The Balaban J connectivity index is 1.25. The molecule has 0 radical (unpaired) electrons. The molecule has 1 amide bonds. The van der Waals surface area contributed by atoms with Gasteiger partial charge in [-0.25, -0.2) is 4.39 Å². The highest BCUT2D eigenvalue weighted by atomic mass is 19.1. The molecular weight excluding hydrogens is 369 g/mol. The number of carbonyl (C=O) groups excluding carboxylic acids is 1. The number of anilines is 2. The zero-order valence-electron chi connectivity index (χ0n) is 16.7. The standard InChI is InChI=1S/C22H28FN5O/c23-18-6-4-5-17(15-18)16-22(29)24-19-9-13-28(14-10-19)21-8-7-20(25-26-21)27-11-2-1-3-12-27/h4-8,15,19H,1-3,9-14,16H2,(H,24,29).